The summed E-state index contributed by atoms with van der Waals surface area (Å²) in [6.45, 7) is 3.69. The summed E-state index contributed by atoms with van der Waals surface area (Å²) in [5.41, 5.74) is 1.01. The SMILES string of the molecule is CCOC(=O)N1CCC(Nc2ccc(Br)c(Cl)c2)CC1. The van der Waals surface area contributed by atoms with Crippen molar-refractivity contribution in [3.05, 3.63) is 27.7 Å². The second kappa shape index (κ2) is 7.18. The van der Waals surface area contributed by atoms with Gasteiger partial charge in [0, 0.05) is 29.3 Å². The van der Waals surface area contributed by atoms with Crippen LogP contribution in [0.1, 0.15) is 19.8 Å². The van der Waals surface area contributed by atoms with E-state index in [-0.39, 0.29) is 6.09 Å². The summed E-state index contributed by atoms with van der Waals surface area (Å²) in [5, 5.41) is 4.15. The van der Waals surface area contributed by atoms with Gasteiger partial charge < -0.3 is 15.0 Å². The number of carbonyl (C=O) groups is 1. The lowest BCUT2D eigenvalue weighted by molar-refractivity contribution is 0.0983. The van der Waals surface area contributed by atoms with E-state index in [1.807, 2.05) is 25.1 Å². The fourth-order valence-corrected chi connectivity index (χ4v) is 2.67. The Balaban J connectivity index is 1.85. The van der Waals surface area contributed by atoms with Crippen LogP contribution in [0.2, 0.25) is 5.02 Å². The third-order valence-electron chi connectivity index (χ3n) is 3.31. The standard InChI is InChI=1S/C14H18BrClN2O2/c1-2-20-14(19)18-7-5-10(6-8-18)17-11-3-4-12(15)13(16)9-11/h3-4,9-10,17H,2,5-8H2,1H3. The van der Waals surface area contributed by atoms with Crippen LogP contribution in [-0.2, 0) is 4.74 Å². The zero-order valence-electron chi connectivity index (χ0n) is 11.4. The maximum atomic E-state index is 11.6. The van der Waals surface area contributed by atoms with E-state index < -0.39 is 0 Å². The predicted octanol–water partition coefficient (Wildman–Crippen LogP) is 4.14. The normalized spacial score (nSPS) is 16.1. The Hall–Kier alpha value is -0.940. The quantitative estimate of drug-likeness (QED) is 0.880. The Labute approximate surface area is 132 Å². The van der Waals surface area contributed by atoms with Crippen LogP contribution in [0.15, 0.2) is 22.7 Å². The number of benzene rings is 1. The molecule has 0 bridgehead atoms. The first-order valence-electron chi connectivity index (χ1n) is 6.73. The highest BCUT2D eigenvalue weighted by Gasteiger charge is 2.23. The molecule has 4 nitrogen and oxygen atoms in total. The van der Waals surface area contributed by atoms with Crippen molar-refractivity contribution in [3.63, 3.8) is 0 Å². The molecule has 1 aromatic carbocycles. The van der Waals surface area contributed by atoms with E-state index in [9.17, 15) is 4.79 Å². The average Bonchev–Trinajstić information content (AvgIpc) is 2.44. The van der Waals surface area contributed by atoms with Gasteiger partial charge in [-0.2, -0.15) is 0 Å². The highest BCUT2D eigenvalue weighted by Crippen LogP contribution is 2.26. The molecule has 2 rings (SSSR count). The number of piperidine rings is 1. The largest absolute Gasteiger partial charge is 0.450 e. The van der Waals surface area contributed by atoms with Crippen molar-refractivity contribution in [2.24, 2.45) is 0 Å². The number of carbonyl (C=O) groups excluding carboxylic acids is 1. The van der Waals surface area contributed by atoms with Crippen LogP contribution < -0.4 is 5.32 Å². The van der Waals surface area contributed by atoms with Crippen LogP contribution in [0.4, 0.5) is 10.5 Å². The first-order chi connectivity index (χ1) is 9.60. The van der Waals surface area contributed by atoms with Gasteiger partial charge in [-0.15, -0.1) is 0 Å². The van der Waals surface area contributed by atoms with E-state index in [1.54, 1.807) is 4.90 Å². The smallest absolute Gasteiger partial charge is 0.409 e. The van der Waals surface area contributed by atoms with E-state index in [2.05, 4.69) is 21.2 Å². The number of halogens is 2. The molecule has 6 heteroatoms. The molecule has 0 unspecified atom stereocenters. The molecule has 110 valence electrons. The third kappa shape index (κ3) is 4.03. The zero-order chi connectivity index (χ0) is 14.5. The summed E-state index contributed by atoms with van der Waals surface area (Å²) in [5.74, 6) is 0. The summed E-state index contributed by atoms with van der Waals surface area (Å²) < 4.78 is 5.90. The van der Waals surface area contributed by atoms with Crippen molar-refractivity contribution in [1.82, 2.24) is 4.90 Å². The van der Waals surface area contributed by atoms with Crippen molar-refractivity contribution in [1.29, 1.82) is 0 Å². The summed E-state index contributed by atoms with van der Waals surface area (Å²) in [4.78, 5) is 13.4. The molecule has 1 aromatic rings. The van der Waals surface area contributed by atoms with Gasteiger partial charge in [0.1, 0.15) is 0 Å². The van der Waals surface area contributed by atoms with Crippen molar-refractivity contribution in [2.45, 2.75) is 25.8 Å². The fourth-order valence-electron chi connectivity index (χ4n) is 2.24. The van der Waals surface area contributed by atoms with Crippen LogP contribution >= 0.6 is 27.5 Å². The van der Waals surface area contributed by atoms with Gasteiger partial charge in [0.05, 0.1) is 11.6 Å². The summed E-state index contributed by atoms with van der Waals surface area (Å²) in [6.07, 6.45) is 1.61. The van der Waals surface area contributed by atoms with E-state index in [0.717, 1.165) is 36.1 Å². The summed E-state index contributed by atoms with van der Waals surface area (Å²) in [7, 11) is 0. The predicted molar refractivity (Wildman–Crippen MR) is 84.4 cm³/mol. The molecule has 0 atom stereocenters. The summed E-state index contributed by atoms with van der Waals surface area (Å²) in [6, 6.07) is 6.19. The lowest BCUT2D eigenvalue weighted by Crippen LogP contribution is -2.42. The van der Waals surface area contributed by atoms with Crippen LogP contribution in [0.25, 0.3) is 0 Å². The van der Waals surface area contributed by atoms with Crippen LogP contribution in [-0.4, -0.2) is 36.7 Å². The minimum atomic E-state index is -0.211. The topological polar surface area (TPSA) is 41.6 Å². The van der Waals surface area contributed by atoms with Gasteiger partial charge in [-0.05, 0) is 53.9 Å². The molecule has 0 radical (unpaired) electrons. The Morgan fingerprint density at radius 2 is 2.20 bits per heavy atom. The maximum absolute atomic E-state index is 11.6. The number of anilines is 1. The van der Waals surface area contributed by atoms with Crippen LogP contribution in [0, 0.1) is 0 Å². The molecule has 20 heavy (non-hydrogen) atoms. The molecule has 1 heterocycles. The Bertz CT molecular complexity index is 476. The highest BCUT2D eigenvalue weighted by molar-refractivity contribution is 9.10. The van der Waals surface area contributed by atoms with Crippen molar-refractivity contribution in [2.75, 3.05) is 25.0 Å². The second-order valence-corrected chi connectivity index (χ2v) is 6.00. The number of hydrogen-bond acceptors (Lipinski definition) is 3. The number of rotatable bonds is 3. The Morgan fingerprint density at radius 3 is 2.80 bits per heavy atom. The monoisotopic (exact) mass is 360 g/mol. The van der Waals surface area contributed by atoms with Gasteiger partial charge in [0.2, 0.25) is 0 Å². The zero-order valence-corrected chi connectivity index (χ0v) is 13.7. The second-order valence-electron chi connectivity index (χ2n) is 4.73. The van der Waals surface area contributed by atoms with Crippen molar-refractivity contribution < 1.29 is 9.53 Å². The number of hydrogen-bond donors (Lipinski definition) is 1. The molecule has 0 aliphatic carbocycles. The van der Waals surface area contributed by atoms with Gasteiger partial charge in [0.25, 0.3) is 0 Å². The van der Waals surface area contributed by atoms with Crippen molar-refractivity contribution >= 4 is 39.3 Å². The Morgan fingerprint density at radius 1 is 1.50 bits per heavy atom. The van der Waals surface area contributed by atoms with E-state index in [0.29, 0.717) is 17.7 Å². The molecule has 1 aliphatic rings. The van der Waals surface area contributed by atoms with Gasteiger partial charge in [-0.1, -0.05) is 11.6 Å². The molecule has 0 spiro atoms. The molecule has 0 saturated carbocycles. The fraction of sp³-hybridized carbons (Fsp3) is 0.500. The Kier molecular flexibility index (Phi) is 5.54. The number of likely N-dealkylation sites (tertiary alicyclic amines) is 1. The number of nitrogens with one attached hydrogen (secondary N) is 1. The minimum absolute atomic E-state index is 0.211. The molecular weight excluding hydrogens is 344 g/mol. The average molecular weight is 362 g/mol. The number of nitrogens with zero attached hydrogens (tertiary/aromatic N) is 1. The molecule has 1 saturated heterocycles. The third-order valence-corrected chi connectivity index (χ3v) is 4.54. The lowest BCUT2D eigenvalue weighted by atomic mass is 10.1. The number of amides is 1. The number of ether oxygens (including phenoxy) is 1. The molecule has 1 aliphatic heterocycles. The van der Waals surface area contributed by atoms with Gasteiger partial charge >= 0.3 is 6.09 Å². The molecule has 0 aromatic heterocycles. The lowest BCUT2D eigenvalue weighted by Gasteiger charge is -2.32. The van der Waals surface area contributed by atoms with E-state index in [1.165, 1.54) is 0 Å². The van der Waals surface area contributed by atoms with E-state index in [4.69, 9.17) is 16.3 Å². The first-order valence-corrected chi connectivity index (χ1v) is 7.90. The van der Waals surface area contributed by atoms with Crippen molar-refractivity contribution in [3.8, 4) is 0 Å². The van der Waals surface area contributed by atoms with Gasteiger partial charge in [0.15, 0.2) is 0 Å². The maximum Gasteiger partial charge on any atom is 0.409 e. The van der Waals surface area contributed by atoms with Crippen LogP contribution in [0.3, 0.4) is 0 Å². The first kappa shape index (κ1) is 15.4. The molecule has 1 fully saturated rings. The van der Waals surface area contributed by atoms with E-state index >= 15 is 0 Å². The minimum Gasteiger partial charge on any atom is -0.450 e. The summed E-state index contributed by atoms with van der Waals surface area (Å²) >= 11 is 9.45. The van der Waals surface area contributed by atoms with Crippen LogP contribution in [0.5, 0.6) is 0 Å². The molecule has 1 amide bonds. The molecule has 1 N–H and O–H groups in total. The van der Waals surface area contributed by atoms with Gasteiger partial charge in [-0.3, -0.25) is 0 Å². The van der Waals surface area contributed by atoms with Gasteiger partial charge in [-0.25, -0.2) is 4.79 Å². The highest BCUT2D eigenvalue weighted by atomic mass is 79.9. The molecular formula is C14H18BrClN2O2.